The number of benzene rings is 1. The number of nitrogens with zero attached hydrogens (tertiary/aromatic N) is 1. The van der Waals surface area contributed by atoms with E-state index in [1.807, 2.05) is 51.1 Å². The molecular weight excluding hydrogens is 302 g/mol. The third-order valence-electron chi connectivity index (χ3n) is 4.16. The van der Waals surface area contributed by atoms with Crippen molar-refractivity contribution in [3.05, 3.63) is 48.6 Å². The summed E-state index contributed by atoms with van der Waals surface area (Å²) < 4.78 is 5.48. The first-order chi connectivity index (χ1) is 11.3. The molecule has 1 saturated heterocycles. The van der Waals surface area contributed by atoms with Crippen molar-refractivity contribution < 1.29 is 14.3 Å². The van der Waals surface area contributed by atoms with Gasteiger partial charge >= 0.3 is 6.09 Å². The fraction of sp³-hybridized carbons (Fsp3) is 0.500. The molecule has 2 rings (SSSR count). The normalized spacial score (nSPS) is 21.5. The second-order valence-corrected chi connectivity index (χ2v) is 7.33. The van der Waals surface area contributed by atoms with E-state index in [0.29, 0.717) is 12.8 Å². The first-order valence-corrected chi connectivity index (χ1v) is 8.52. The lowest BCUT2D eigenvalue weighted by atomic mass is 9.87. The largest absolute Gasteiger partial charge is 0.443 e. The summed E-state index contributed by atoms with van der Waals surface area (Å²) in [5.74, 6) is -0.321. The molecule has 0 unspecified atom stereocenters. The van der Waals surface area contributed by atoms with Crippen molar-refractivity contribution in [1.82, 2.24) is 4.90 Å². The maximum absolute atomic E-state index is 12.8. The molecule has 4 heteroatoms. The molecule has 130 valence electrons. The molecule has 2 amide bonds. The monoisotopic (exact) mass is 329 g/mol. The van der Waals surface area contributed by atoms with Gasteiger partial charge in [-0.25, -0.2) is 9.69 Å². The topological polar surface area (TPSA) is 46.6 Å². The molecule has 24 heavy (non-hydrogen) atoms. The van der Waals surface area contributed by atoms with E-state index in [2.05, 4.69) is 6.58 Å². The van der Waals surface area contributed by atoms with Crippen LogP contribution in [-0.2, 0) is 16.0 Å². The van der Waals surface area contributed by atoms with Gasteiger partial charge in [0.05, 0.1) is 0 Å². The zero-order valence-electron chi connectivity index (χ0n) is 14.8. The van der Waals surface area contributed by atoms with Crippen LogP contribution in [-0.4, -0.2) is 28.5 Å². The van der Waals surface area contributed by atoms with Gasteiger partial charge in [-0.1, -0.05) is 36.4 Å². The maximum Gasteiger partial charge on any atom is 0.417 e. The predicted octanol–water partition coefficient (Wildman–Crippen LogP) is 4.35. The Morgan fingerprint density at radius 2 is 1.96 bits per heavy atom. The standard InChI is InChI=1S/C20H27NO3/c1-5-9-16-12-13-17(14-15-10-7-6-8-11-15)21(18(16)22)19(23)24-20(2,3)4/h5-8,10-11,16-17H,1,9,12-14H2,2-4H3/t16-,17+/m0/s1. The van der Waals surface area contributed by atoms with E-state index in [-0.39, 0.29) is 17.9 Å². The Kier molecular flexibility index (Phi) is 5.81. The number of amides is 2. The van der Waals surface area contributed by atoms with Crippen molar-refractivity contribution in [2.45, 2.75) is 58.1 Å². The second-order valence-electron chi connectivity index (χ2n) is 7.33. The van der Waals surface area contributed by atoms with Gasteiger partial charge in [-0.2, -0.15) is 0 Å². The average Bonchev–Trinajstić information content (AvgIpc) is 2.49. The number of likely N-dealkylation sites (tertiary alicyclic amines) is 1. The van der Waals surface area contributed by atoms with Crippen LogP contribution >= 0.6 is 0 Å². The van der Waals surface area contributed by atoms with Crippen LogP contribution in [0, 0.1) is 5.92 Å². The lowest BCUT2D eigenvalue weighted by Crippen LogP contribution is -2.53. The van der Waals surface area contributed by atoms with E-state index in [4.69, 9.17) is 4.74 Å². The fourth-order valence-electron chi connectivity index (χ4n) is 3.07. The highest BCUT2D eigenvalue weighted by molar-refractivity contribution is 5.94. The van der Waals surface area contributed by atoms with Crippen molar-refractivity contribution >= 4 is 12.0 Å². The molecule has 0 bridgehead atoms. The van der Waals surface area contributed by atoms with Crippen molar-refractivity contribution in [3.8, 4) is 0 Å². The van der Waals surface area contributed by atoms with E-state index in [1.54, 1.807) is 6.08 Å². The minimum Gasteiger partial charge on any atom is -0.443 e. The Hall–Kier alpha value is -2.10. The number of hydrogen-bond donors (Lipinski definition) is 0. The van der Waals surface area contributed by atoms with Crippen molar-refractivity contribution in [2.75, 3.05) is 0 Å². The first-order valence-electron chi connectivity index (χ1n) is 8.52. The number of allylic oxidation sites excluding steroid dienone is 1. The van der Waals surface area contributed by atoms with Gasteiger partial charge in [0.2, 0.25) is 5.91 Å². The number of imide groups is 1. The summed E-state index contributed by atoms with van der Waals surface area (Å²) in [7, 11) is 0. The van der Waals surface area contributed by atoms with Gasteiger partial charge < -0.3 is 4.74 Å². The van der Waals surface area contributed by atoms with Gasteiger partial charge in [0, 0.05) is 12.0 Å². The Bertz CT molecular complexity index is 589. The highest BCUT2D eigenvalue weighted by Gasteiger charge is 2.40. The summed E-state index contributed by atoms with van der Waals surface area (Å²) >= 11 is 0. The third kappa shape index (κ3) is 4.70. The minimum absolute atomic E-state index is 0.142. The van der Waals surface area contributed by atoms with Crippen LogP contribution in [0.25, 0.3) is 0 Å². The lowest BCUT2D eigenvalue weighted by molar-refractivity contribution is -0.140. The molecule has 2 atom stereocenters. The molecule has 0 spiro atoms. The molecule has 0 aliphatic carbocycles. The van der Waals surface area contributed by atoms with Gasteiger partial charge in [-0.15, -0.1) is 6.58 Å². The van der Waals surface area contributed by atoms with Gasteiger partial charge in [0.1, 0.15) is 5.60 Å². The van der Waals surface area contributed by atoms with Gasteiger partial charge in [0.15, 0.2) is 0 Å². The van der Waals surface area contributed by atoms with Crippen LogP contribution in [0.5, 0.6) is 0 Å². The number of hydrogen-bond acceptors (Lipinski definition) is 3. The van der Waals surface area contributed by atoms with E-state index in [9.17, 15) is 9.59 Å². The van der Waals surface area contributed by atoms with Crippen molar-refractivity contribution in [1.29, 1.82) is 0 Å². The molecular formula is C20H27NO3. The Morgan fingerprint density at radius 3 is 2.54 bits per heavy atom. The van der Waals surface area contributed by atoms with Crippen LogP contribution in [0.3, 0.4) is 0 Å². The van der Waals surface area contributed by atoms with E-state index in [1.165, 1.54) is 4.90 Å². The first kappa shape index (κ1) is 18.2. The van der Waals surface area contributed by atoms with Crippen LogP contribution in [0.15, 0.2) is 43.0 Å². The molecule has 1 aliphatic rings. The molecule has 1 aliphatic heterocycles. The quantitative estimate of drug-likeness (QED) is 0.772. The van der Waals surface area contributed by atoms with Crippen LogP contribution in [0.1, 0.15) is 45.6 Å². The van der Waals surface area contributed by atoms with E-state index >= 15 is 0 Å². The van der Waals surface area contributed by atoms with Gasteiger partial charge in [-0.3, -0.25) is 4.79 Å². The SMILES string of the molecule is C=CC[C@H]1CC[C@H](Cc2ccccc2)N(C(=O)OC(C)(C)C)C1=O. The van der Waals surface area contributed by atoms with E-state index < -0.39 is 11.7 Å². The smallest absolute Gasteiger partial charge is 0.417 e. The minimum atomic E-state index is -0.625. The zero-order chi connectivity index (χ0) is 17.7. The lowest BCUT2D eigenvalue weighted by Gasteiger charge is -2.38. The Balaban J connectivity index is 2.22. The van der Waals surface area contributed by atoms with Crippen molar-refractivity contribution in [2.24, 2.45) is 5.92 Å². The summed E-state index contributed by atoms with van der Waals surface area (Å²) in [6, 6.07) is 9.79. The highest BCUT2D eigenvalue weighted by Crippen LogP contribution is 2.29. The molecule has 0 N–H and O–H groups in total. The Morgan fingerprint density at radius 1 is 1.29 bits per heavy atom. The molecule has 1 aromatic carbocycles. The molecule has 1 fully saturated rings. The maximum atomic E-state index is 12.8. The zero-order valence-corrected chi connectivity index (χ0v) is 14.8. The van der Waals surface area contributed by atoms with Crippen molar-refractivity contribution in [3.63, 3.8) is 0 Å². The predicted molar refractivity (Wildman–Crippen MR) is 94.6 cm³/mol. The third-order valence-corrected chi connectivity index (χ3v) is 4.16. The summed E-state index contributed by atoms with van der Waals surface area (Å²) in [4.78, 5) is 26.8. The van der Waals surface area contributed by atoms with Crippen LogP contribution < -0.4 is 0 Å². The summed E-state index contributed by atoms with van der Waals surface area (Å²) in [6.45, 7) is 9.16. The van der Waals surface area contributed by atoms with E-state index in [0.717, 1.165) is 18.4 Å². The number of ether oxygens (including phenoxy) is 1. The number of piperidine rings is 1. The molecule has 1 aromatic rings. The highest BCUT2D eigenvalue weighted by atomic mass is 16.6. The van der Waals surface area contributed by atoms with Crippen LogP contribution in [0.4, 0.5) is 4.79 Å². The summed E-state index contributed by atoms with van der Waals surface area (Å²) in [5, 5.41) is 0. The second kappa shape index (κ2) is 7.65. The molecule has 4 nitrogen and oxygen atoms in total. The number of carbonyl (C=O) groups is 2. The molecule has 0 saturated carbocycles. The average molecular weight is 329 g/mol. The molecule has 1 heterocycles. The Labute approximate surface area is 144 Å². The summed E-state index contributed by atoms with van der Waals surface area (Å²) in [5.41, 5.74) is 0.492. The fourth-order valence-corrected chi connectivity index (χ4v) is 3.07. The van der Waals surface area contributed by atoms with Crippen LogP contribution in [0.2, 0.25) is 0 Å². The molecule has 0 aromatic heterocycles. The molecule has 0 radical (unpaired) electrons. The van der Waals surface area contributed by atoms with Gasteiger partial charge in [0.25, 0.3) is 0 Å². The summed E-state index contributed by atoms with van der Waals surface area (Å²) in [6.07, 6.45) is 4.03. The number of rotatable bonds is 4. The number of carbonyl (C=O) groups excluding carboxylic acids is 2. The van der Waals surface area contributed by atoms with Gasteiger partial charge in [-0.05, 0) is 52.0 Å².